The van der Waals surface area contributed by atoms with Crippen molar-refractivity contribution >= 4 is 28.3 Å². The van der Waals surface area contributed by atoms with Gasteiger partial charge in [0, 0.05) is 17.0 Å². The summed E-state index contributed by atoms with van der Waals surface area (Å²) in [5, 5.41) is 6.61. The van der Waals surface area contributed by atoms with Crippen LogP contribution in [0.15, 0.2) is 52.4 Å². The van der Waals surface area contributed by atoms with E-state index in [0.717, 1.165) is 12.8 Å². The minimum Gasteiger partial charge on any atom is -0.335 e. The normalized spacial score (nSPS) is 16.6. The Morgan fingerprint density at radius 1 is 1.28 bits per heavy atom. The Bertz CT molecular complexity index is 1200. The van der Waals surface area contributed by atoms with E-state index in [0.29, 0.717) is 34.4 Å². The number of carbonyl (C=O) groups is 1. The van der Waals surface area contributed by atoms with Crippen LogP contribution in [-0.2, 0) is 0 Å². The molecule has 0 spiro atoms. The molecule has 5 nitrogen and oxygen atoms in total. The van der Waals surface area contributed by atoms with Crippen LogP contribution in [0.2, 0.25) is 0 Å². The Hall–Kier alpha value is -3.06. The van der Waals surface area contributed by atoms with Crippen molar-refractivity contribution in [2.45, 2.75) is 25.8 Å². The number of aryl methyl sites for hydroxylation is 1. The maximum Gasteiger partial charge on any atom is 0.259 e. The number of benzene rings is 1. The minimum atomic E-state index is -0.397. The fourth-order valence-corrected chi connectivity index (χ4v) is 4.89. The molecule has 1 aromatic carbocycles. The average molecular weight is 407 g/mol. The number of rotatable bonds is 3. The van der Waals surface area contributed by atoms with Crippen molar-refractivity contribution in [3.8, 4) is 11.3 Å². The van der Waals surface area contributed by atoms with Crippen molar-refractivity contribution in [2.75, 3.05) is 6.54 Å². The van der Waals surface area contributed by atoms with Crippen molar-refractivity contribution in [2.24, 2.45) is 0 Å². The smallest absolute Gasteiger partial charge is 0.259 e. The van der Waals surface area contributed by atoms with Crippen LogP contribution in [0, 0.1) is 12.7 Å². The summed E-state index contributed by atoms with van der Waals surface area (Å²) >= 11 is 1.66. The van der Waals surface area contributed by atoms with Gasteiger partial charge in [0.25, 0.3) is 11.6 Å². The lowest BCUT2D eigenvalue weighted by Crippen LogP contribution is -2.30. The van der Waals surface area contributed by atoms with Crippen molar-refractivity contribution in [1.29, 1.82) is 0 Å². The van der Waals surface area contributed by atoms with Gasteiger partial charge in [0.1, 0.15) is 5.82 Å². The Morgan fingerprint density at radius 3 is 2.93 bits per heavy atom. The molecule has 29 heavy (non-hydrogen) atoms. The maximum atomic E-state index is 14.4. The molecule has 0 bridgehead atoms. The van der Waals surface area contributed by atoms with Crippen LogP contribution >= 0.6 is 11.3 Å². The zero-order valence-electron chi connectivity index (χ0n) is 15.8. The van der Waals surface area contributed by atoms with Crippen LogP contribution in [0.25, 0.3) is 22.4 Å². The van der Waals surface area contributed by atoms with E-state index in [4.69, 9.17) is 4.52 Å². The third-order valence-electron chi connectivity index (χ3n) is 5.38. The van der Waals surface area contributed by atoms with Crippen LogP contribution in [0.3, 0.4) is 0 Å². The van der Waals surface area contributed by atoms with Gasteiger partial charge in [0.15, 0.2) is 0 Å². The molecule has 0 saturated carbocycles. The highest BCUT2D eigenvalue weighted by molar-refractivity contribution is 7.10. The Kier molecular flexibility index (Phi) is 4.39. The largest absolute Gasteiger partial charge is 0.335 e. The van der Waals surface area contributed by atoms with E-state index in [1.165, 1.54) is 10.9 Å². The third-order valence-corrected chi connectivity index (χ3v) is 6.36. The SMILES string of the molecule is Cc1noc2nc(-c3ccccc3F)cc(C(=O)N3CCC[C@H]3c3cccs3)c12. The predicted octanol–water partition coefficient (Wildman–Crippen LogP) is 5.38. The lowest BCUT2D eigenvalue weighted by molar-refractivity contribution is 0.0739. The van der Waals surface area contributed by atoms with E-state index < -0.39 is 5.82 Å². The van der Waals surface area contributed by atoms with Gasteiger partial charge >= 0.3 is 0 Å². The number of fused-ring (bicyclic) bond motifs is 1. The summed E-state index contributed by atoms with van der Waals surface area (Å²) in [5.41, 5.74) is 1.99. The maximum absolute atomic E-state index is 14.4. The molecule has 3 aromatic heterocycles. The molecule has 0 unspecified atom stereocenters. The highest BCUT2D eigenvalue weighted by Crippen LogP contribution is 2.37. The van der Waals surface area contributed by atoms with Gasteiger partial charge in [-0.05, 0) is 49.4 Å². The highest BCUT2D eigenvalue weighted by atomic mass is 32.1. The predicted molar refractivity (Wildman–Crippen MR) is 109 cm³/mol. The number of hydrogen-bond donors (Lipinski definition) is 0. The zero-order valence-corrected chi connectivity index (χ0v) is 16.6. The number of hydrogen-bond acceptors (Lipinski definition) is 5. The fraction of sp³-hybridized carbons (Fsp3) is 0.227. The fourth-order valence-electron chi connectivity index (χ4n) is 4.01. The Labute approximate surface area is 170 Å². The number of nitrogens with zero attached hydrogens (tertiary/aromatic N) is 3. The number of likely N-dealkylation sites (tertiary alicyclic amines) is 1. The molecule has 5 rings (SSSR count). The number of pyridine rings is 1. The molecule has 4 aromatic rings. The molecule has 0 aliphatic carbocycles. The Morgan fingerprint density at radius 2 is 2.14 bits per heavy atom. The first kappa shape index (κ1) is 18.0. The highest BCUT2D eigenvalue weighted by Gasteiger charge is 2.33. The van der Waals surface area contributed by atoms with Crippen LogP contribution in [-0.4, -0.2) is 27.5 Å². The first-order chi connectivity index (χ1) is 14.1. The van der Waals surface area contributed by atoms with Crippen molar-refractivity contribution < 1.29 is 13.7 Å². The van der Waals surface area contributed by atoms with Crippen LogP contribution < -0.4 is 0 Å². The number of thiophene rings is 1. The number of halogens is 1. The monoisotopic (exact) mass is 407 g/mol. The first-order valence-electron chi connectivity index (χ1n) is 9.50. The molecule has 1 amide bonds. The van der Waals surface area contributed by atoms with E-state index in [2.05, 4.69) is 16.2 Å². The molecule has 1 fully saturated rings. The molecule has 7 heteroatoms. The number of carbonyl (C=O) groups excluding carboxylic acids is 1. The van der Waals surface area contributed by atoms with E-state index in [1.807, 2.05) is 16.3 Å². The summed E-state index contributed by atoms with van der Waals surface area (Å²) in [4.78, 5) is 21.1. The molecule has 1 atom stereocenters. The van der Waals surface area contributed by atoms with Crippen molar-refractivity contribution in [3.05, 3.63) is 69.8 Å². The van der Waals surface area contributed by atoms with Crippen LogP contribution in [0.1, 0.15) is 39.8 Å². The molecule has 0 N–H and O–H groups in total. The van der Waals surface area contributed by atoms with Gasteiger partial charge in [0.05, 0.1) is 28.4 Å². The van der Waals surface area contributed by atoms with Crippen molar-refractivity contribution in [1.82, 2.24) is 15.0 Å². The van der Waals surface area contributed by atoms with E-state index in [-0.39, 0.29) is 17.7 Å². The number of amides is 1. The van der Waals surface area contributed by atoms with Crippen LogP contribution in [0.5, 0.6) is 0 Å². The molecule has 1 aliphatic heterocycles. The Balaban J connectivity index is 1.64. The molecule has 1 saturated heterocycles. The lowest BCUT2D eigenvalue weighted by Gasteiger charge is -2.24. The van der Waals surface area contributed by atoms with Gasteiger partial charge in [-0.2, -0.15) is 0 Å². The van der Waals surface area contributed by atoms with Gasteiger partial charge in [-0.25, -0.2) is 9.37 Å². The molecule has 4 heterocycles. The van der Waals surface area contributed by atoms with Gasteiger partial charge in [-0.15, -0.1) is 11.3 Å². The summed E-state index contributed by atoms with van der Waals surface area (Å²) in [7, 11) is 0. The lowest BCUT2D eigenvalue weighted by atomic mass is 10.0. The topological polar surface area (TPSA) is 59.2 Å². The molecule has 146 valence electrons. The summed E-state index contributed by atoms with van der Waals surface area (Å²) in [6.07, 6.45) is 1.88. The molecular weight excluding hydrogens is 389 g/mol. The molecule has 1 aliphatic rings. The zero-order chi connectivity index (χ0) is 20.0. The average Bonchev–Trinajstić information content (AvgIpc) is 3.48. The quantitative estimate of drug-likeness (QED) is 0.458. The number of aromatic nitrogens is 2. The van der Waals surface area contributed by atoms with Gasteiger partial charge in [-0.3, -0.25) is 4.79 Å². The molecule has 0 radical (unpaired) electrons. The summed E-state index contributed by atoms with van der Waals surface area (Å²) in [6.45, 7) is 2.47. The summed E-state index contributed by atoms with van der Waals surface area (Å²) in [6, 6.07) is 12.2. The summed E-state index contributed by atoms with van der Waals surface area (Å²) in [5.74, 6) is -0.496. The standard InChI is InChI=1S/C22H18FN3O2S/c1-13-20-15(22(27)26-10-4-8-18(26)19-9-5-11-29-19)12-17(24-21(20)28-25-13)14-6-2-3-7-16(14)23/h2-3,5-7,9,11-12,18H,4,8,10H2,1H3/t18-/m0/s1. The second kappa shape index (κ2) is 7.08. The summed E-state index contributed by atoms with van der Waals surface area (Å²) < 4.78 is 19.7. The van der Waals surface area contributed by atoms with Gasteiger partial charge in [-0.1, -0.05) is 23.4 Å². The van der Waals surface area contributed by atoms with Gasteiger partial charge in [0.2, 0.25) is 0 Å². The minimum absolute atomic E-state index is 0.0581. The molecular formula is C22H18FN3O2S. The first-order valence-corrected chi connectivity index (χ1v) is 10.4. The third kappa shape index (κ3) is 3.02. The van der Waals surface area contributed by atoms with E-state index in [9.17, 15) is 9.18 Å². The van der Waals surface area contributed by atoms with Gasteiger partial charge < -0.3 is 9.42 Å². The van der Waals surface area contributed by atoms with E-state index >= 15 is 0 Å². The van der Waals surface area contributed by atoms with E-state index in [1.54, 1.807) is 42.5 Å². The van der Waals surface area contributed by atoms with Crippen molar-refractivity contribution in [3.63, 3.8) is 0 Å². The van der Waals surface area contributed by atoms with Crippen LogP contribution in [0.4, 0.5) is 4.39 Å². The second-order valence-corrected chi connectivity index (χ2v) is 8.13. The second-order valence-electron chi connectivity index (χ2n) is 7.16.